The summed E-state index contributed by atoms with van der Waals surface area (Å²) < 4.78 is 0. The number of hydrogen-bond donors (Lipinski definition) is 1. The third-order valence-electron chi connectivity index (χ3n) is 1.24. The average molecular weight is 225 g/mol. The maximum absolute atomic E-state index is 10.6. The van der Waals surface area contributed by atoms with E-state index in [-0.39, 0.29) is 21.4 Å². The molecule has 0 aromatic heterocycles. The van der Waals surface area contributed by atoms with E-state index in [9.17, 15) is 4.79 Å². The zero-order valence-electron chi connectivity index (χ0n) is 5.64. The molecule has 0 atom stereocenters. The Kier molecular flexibility index (Phi) is 2.83. The van der Waals surface area contributed by atoms with Crippen molar-refractivity contribution in [3.63, 3.8) is 0 Å². The van der Waals surface area contributed by atoms with Crippen LogP contribution in [0.4, 0.5) is 0 Å². The molecule has 5 heteroatoms. The Bertz CT molecular complexity index is 312. The van der Waals surface area contributed by atoms with Gasteiger partial charge in [-0.15, -0.1) is 0 Å². The Hall–Kier alpha value is -0.440. The molecule has 2 nitrogen and oxygen atoms in total. The summed E-state index contributed by atoms with van der Waals surface area (Å²) in [6.45, 7) is 0. The lowest BCUT2D eigenvalue weighted by Crippen LogP contribution is -1.88. The number of carbonyl (C=O) groups excluding carboxylic acids is 1. The van der Waals surface area contributed by atoms with E-state index >= 15 is 0 Å². The first kappa shape index (κ1) is 9.65. The summed E-state index contributed by atoms with van der Waals surface area (Å²) in [6, 6.07) is 2.45. The van der Waals surface area contributed by atoms with Gasteiger partial charge in [-0.25, -0.2) is 0 Å². The first-order valence-electron chi connectivity index (χ1n) is 2.90. The van der Waals surface area contributed by atoms with E-state index in [0.29, 0.717) is 0 Å². The average Bonchev–Trinajstić information content (AvgIpc) is 1.99. The van der Waals surface area contributed by atoms with Crippen LogP contribution in [0.1, 0.15) is 10.4 Å². The molecule has 0 amide bonds. The van der Waals surface area contributed by atoms with Crippen LogP contribution in [-0.2, 0) is 0 Å². The number of phenolic OH excluding ortho intramolecular Hbond substituents is 1. The number of aromatic hydroxyl groups is 1. The summed E-state index contributed by atoms with van der Waals surface area (Å²) in [7, 11) is 0. The second kappa shape index (κ2) is 3.52. The Morgan fingerprint density at radius 1 is 1.33 bits per heavy atom. The van der Waals surface area contributed by atoms with E-state index in [1.54, 1.807) is 0 Å². The van der Waals surface area contributed by atoms with Crippen LogP contribution in [0.5, 0.6) is 5.75 Å². The van der Waals surface area contributed by atoms with Gasteiger partial charge in [-0.3, -0.25) is 4.79 Å². The van der Waals surface area contributed by atoms with Gasteiger partial charge in [0.05, 0.1) is 5.02 Å². The van der Waals surface area contributed by atoms with Gasteiger partial charge >= 0.3 is 0 Å². The van der Waals surface area contributed by atoms with Gasteiger partial charge in [0, 0.05) is 5.56 Å². The predicted molar refractivity (Wildman–Crippen MR) is 48.3 cm³/mol. The van der Waals surface area contributed by atoms with E-state index in [4.69, 9.17) is 39.9 Å². The van der Waals surface area contributed by atoms with Crippen molar-refractivity contribution in [1.29, 1.82) is 0 Å². The highest BCUT2D eigenvalue weighted by molar-refractivity contribution is 6.68. The minimum atomic E-state index is -0.691. The third kappa shape index (κ3) is 1.83. The molecule has 1 rings (SSSR count). The van der Waals surface area contributed by atoms with Crippen molar-refractivity contribution in [2.75, 3.05) is 0 Å². The van der Waals surface area contributed by atoms with E-state index < -0.39 is 5.24 Å². The number of benzene rings is 1. The second-order valence-electron chi connectivity index (χ2n) is 2.06. The van der Waals surface area contributed by atoms with E-state index in [1.807, 2.05) is 0 Å². The zero-order chi connectivity index (χ0) is 9.30. The molecule has 1 aromatic rings. The van der Waals surface area contributed by atoms with Crippen LogP contribution >= 0.6 is 34.8 Å². The Balaban J connectivity index is 3.31. The highest BCUT2D eigenvalue weighted by atomic mass is 35.5. The number of rotatable bonds is 1. The first-order valence-corrected chi connectivity index (χ1v) is 4.03. The van der Waals surface area contributed by atoms with Crippen LogP contribution in [-0.4, -0.2) is 10.3 Å². The fraction of sp³-hybridized carbons (Fsp3) is 0. The molecule has 0 aliphatic rings. The topological polar surface area (TPSA) is 37.3 Å². The maximum Gasteiger partial charge on any atom is 0.252 e. The smallest absolute Gasteiger partial charge is 0.252 e. The van der Waals surface area contributed by atoms with Crippen molar-refractivity contribution in [3.8, 4) is 5.75 Å². The second-order valence-corrected chi connectivity index (χ2v) is 3.19. The molecule has 0 bridgehead atoms. The fourth-order valence-electron chi connectivity index (χ4n) is 0.688. The SMILES string of the molecule is O=C(Cl)c1cc(O)c(Cl)c(Cl)c1. The molecule has 0 heterocycles. The molecule has 0 unspecified atom stereocenters. The van der Waals surface area contributed by atoms with Gasteiger partial charge in [-0.1, -0.05) is 23.2 Å². The molecular formula is C7H3Cl3O2. The van der Waals surface area contributed by atoms with Gasteiger partial charge in [-0.05, 0) is 23.7 Å². The first-order chi connectivity index (χ1) is 5.52. The van der Waals surface area contributed by atoms with Crippen LogP contribution in [0.2, 0.25) is 10.0 Å². The van der Waals surface area contributed by atoms with Gasteiger partial charge in [0.25, 0.3) is 5.24 Å². The molecule has 0 fully saturated rings. The van der Waals surface area contributed by atoms with Crippen LogP contribution in [0.3, 0.4) is 0 Å². The molecule has 0 saturated carbocycles. The van der Waals surface area contributed by atoms with Crippen molar-refractivity contribution in [1.82, 2.24) is 0 Å². The predicted octanol–water partition coefficient (Wildman–Crippen LogP) is 3.08. The third-order valence-corrected chi connectivity index (χ3v) is 2.25. The van der Waals surface area contributed by atoms with Crippen LogP contribution in [0.15, 0.2) is 12.1 Å². The van der Waals surface area contributed by atoms with Gasteiger partial charge in [0.1, 0.15) is 10.8 Å². The summed E-state index contributed by atoms with van der Waals surface area (Å²) in [5.41, 5.74) is 0.114. The number of halogens is 3. The van der Waals surface area contributed by atoms with E-state index in [1.165, 1.54) is 6.07 Å². The molecule has 0 aliphatic carbocycles. The van der Waals surface area contributed by atoms with Crippen LogP contribution in [0.25, 0.3) is 0 Å². The Morgan fingerprint density at radius 2 is 1.92 bits per heavy atom. The minimum absolute atomic E-state index is 0.0123. The molecule has 0 radical (unpaired) electrons. The molecular weight excluding hydrogens is 222 g/mol. The standard InChI is InChI=1S/C7H3Cl3O2/c8-4-1-3(7(10)12)2-5(11)6(4)9/h1-2,11H. The molecule has 12 heavy (non-hydrogen) atoms. The van der Waals surface area contributed by atoms with Crippen LogP contribution in [0, 0.1) is 0 Å². The molecule has 1 aromatic carbocycles. The summed E-state index contributed by atoms with van der Waals surface area (Å²) >= 11 is 16.2. The number of hydrogen-bond acceptors (Lipinski definition) is 2. The largest absolute Gasteiger partial charge is 0.506 e. The summed E-state index contributed by atoms with van der Waals surface area (Å²) in [4.78, 5) is 10.6. The Morgan fingerprint density at radius 3 is 2.33 bits per heavy atom. The monoisotopic (exact) mass is 224 g/mol. The van der Waals surface area contributed by atoms with Gasteiger partial charge in [0.15, 0.2) is 0 Å². The van der Waals surface area contributed by atoms with Crippen molar-refractivity contribution >= 4 is 40.0 Å². The summed E-state index contributed by atoms with van der Waals surface area (Å²) in [5.74, 6) is -0.256. The zero-order valence-corrected chi connectivity index (χ0v) is 7.91. The molecule has 0 saturated heterocycles. The quantitative estimate of drug-likeness (QED) is 0.746. The highest BCUT2D eigenvalue weighted by Gasteiger charge is 2.09. The van der Waals surface area contributed by atoms with Gasteiger partial charge in [-0.2, -0.15) is 0 Å². The molecule has 0 spiro atoms. The fourth-order valence-corrected chi connectivity index (χ4v) is 1.12. The Labute approximate surface area is 83.7 Å². The summed E-state index contributed by atoms with van der Waals surface area (Å²) in [5, 5.41) is 8.52. The summed E-state index contributed by atoms with van der Waals surface area (Å²) in [6.07, 6.45) is 0. The lowest BCUT2D eigenvalue weighted by molar-refractivity contribution is 0.108. The van der Waals surface area contributed by atoms with Crippen molar-refractivity contribution in [3.05, 3.63) is 27.7 Å². The normalized spacial score (nSPS) is 9.92. The van der Waals surface area contributed by atoms with Gasteiger partial charge < -0.3 is 5.11 Å². The number of phenols is 1. The maximum atomic E-state index is 10.6. The lowest BCUT2D eigenvalue weighted by Gasteiger charge is -2.00. The highest BCUT2D eigenvalue weighted by Crippen LogP contribution is 2.32. The minimum Gasteiger partial charge on any atom is -0.506 e. The number of carbonyl (C=O) groups is 1. The van der Waals surface area contributed by atoms with E-state index in [2.05, 4.69) is 0 Å². The molecule has 64 valence electrons. The van der Waals surface area contributed by atoms with Crippen molar-refractivity contribution < 1.29 is 9.90 Å². The van der Waals surface area contributed by atoms with Crippen molar-refractivity contribution in [2.24, 2.45) is 0 Å². The van der Waals surface area contributed by atoms with Crippen LogP contribution < -0.4 is 0 Å². The lowest BCUT2D eigenvalue weighted by atomic mass is 10.2. The van der Waals surface area contributed by atoms with E-state index in [0.717, 1.165) is 6.07 Å². The van der Waals surface area contributed by atoms with Crippen molar-refractivity contribution in [2.45, 2.75) is 0 Å². The molecule has 1 N–H and O–H groups in total. The molecule has 0 aliphatic heterocycles. The van der Waals surface area contributed by atoms with Gasteiger partial charge in [0.2, 0.25) is 0 Å².